The molecular formula is C35H46F2N8O2. The Balaban J connectivity index is 1.16. The summed E-state index contributed by atoms with van der Waals surface area (Å²) >= 11 is 0. The maximum atomic E-state index is 14.6. The molecule has 4 aliphatic heterocycles. The van der Waals surface area contributed by atoms with Gasteiger partial charge in [-0.15, -0.1) is 0 Å². The number of fused-ring (bicyclic) bond motifs is 2. The molecule has 3 aromatic rings. The Kier molecular flexibility index (Phi) is 9.04. The third-order valence-electron chi connectivity index (χ3n) is 10.6. The lowest BCUT2D eigenvalue weighted by Gasteiger charge is -2.34. The summed E-state index contributed by atoms with van der Waals surface area (Å²) in [6, 6.07) is 3.69. The maximum Gasteiger partial charge on any atom is 0.264 e. The number of amides is 2. The van der Waals surface area contributed by atoms with Gasteiger partial charge < -0.3 is 19.6 Å². The van der Waals surface area contributed by atoms with E-state index in [0.717, 1.165) is 73.6 Å². The molecule has 2 fully saturated rings. The summed E-state index contributed by atoms with van der Waals surface area (Å²) in [5, 5.41) is 9.47. The molecule has 0 atom stereocenters. The summed E-state index contributed by atoms with van der Waals surface area (Å²) in [4.78, 5) is 34.0. The zero-order valence-electron chi connectivity index (χ0n) is 27.6. The summed E-state index contributed by atoms with van der Waals surface area (Å²) in [5.41, 5.74) is 5.09. The number of benzene rings is 1. The van der Waals surface area contributed by atoms with Crippen LogP contribution in [0.15, 0.2) is 24.5 Å². The van der Waals surface area contributed by atoms with Gasteiger partial charge in [0.2, 0.25) is 11.8 Å². The van der Waals surface area contributed by atoms with Crippen LogP contribution in [-0.2, 0) is 36.0 Å². The minimum absolute atomic E-state index is 0.0142. The first-order chi connectivity index (χ1) is 22.8. The second-order valence-corrected chi connectivity index (χ2v) is 13.7. The van der Waals surface area contributed by atoms with Gasteiger partial charge in [-0.25, -0.2) is 8.78 Å². The number of hydrogen-bond acceptors (Lipinski definition) is 6. The SMILES string of the molecule is CC(=O)N1CCc2c(c(N3CCCc4cc(-c5cnn(C)c5)c(C(F)F)cc43)nn2C2CCN(C(=O)CCN3CCCCC3)CC2)C1. The average molecular weight is 649 g/mol. The number of hydrogen-bond donors (Lipinski definition) is 0. The summed E-state index contributed by atoms with van der Waals surface area (Å²) in [6.07, 6.45) is 9.06. The molecule has 0 unspecified atom stereocenters. The van der Waals surface area contributed by atoms with Crippen molar-refractivity contribution in [3.8, 4) is 11.1 Å². The molecule has 0 radical (unpaired) electrons. The Morgan fingerprint density at radius 2 is 1.74 bits per heavy atom. The fourth-order valence-corrected chi connectivity index (χ4v) is 8.03. The standard InChI is InChI=1S/C35H46F2N8O2/c1-24(46)43-18-10-31-30(23-43)35(39-45(31)27-8-16-42(17-9-27)33(47)11-15-41-12-4-3-5-13-41)44-14-6-7-25-19-28(26-21-38-40(2)22-26)29(34(36)37)20-32(25)44/h19-22,27,34H,3-18,23H2,1-2H3. The van der Waals surface area contributed by atoms with E-state index in [0.29, 0.717) is 56.7 Å². The smallest absolute Gasteiger partial charge is 0.264 e. The lowest BCUT2D eigenvalue weighted by molar-refractivity contribution is -0.133. The summed E-state index contributed by atoms with van der Waals surface area (Å²) in [7, 11) is 1.79. The fourth-order valence-electron chi connectivity index (χ4n) is 8.03. The predicted molar refractivity (Wildman–Crippen MR) is 176 cm³/mol. The first kappa shape index (κ1) is 31.8. The summed E-state index contributed by atoms with van der Waals surface area (Å²) in [5.74, 6) is 1.02. The molecular weight excluding hydrogens is 602 g/mol. The number of aromatic nitrogens is 4. The van der Waals surface area contributed by atoms with Gasteiger partial charge in [-0.2, -0.15) is 10.2 Å². The summed E-state index contributed by atoms with van der Waals surface area (Å²) < 4.78 is 32.9. The molecule has 4 aliphatic rings. The van der Waals surface area contributed by atoms with E-state index in [4.69, 9.17) is 5.10 Å². The van der Waals surface area contributed by atoms with Crippen LogP contribution >= 0.6 is 0 Å². The topological polar surface area (TPSA) is 82.7 Å². The molecule has 252 valence electrons. The Hall–Kier alpha value is -3.80. The number of aryl methyl sites for hydroxylation is 2. The van der Waals surface area contributed by atoms with E-state index in [1.807, 2.05) is 15.9 Å². The van der Waals surface area contributed by atoms with Gasteiger partial charge in [0.1, 0.15) is 0 Å². The first-order valence-corrected chi connectivity index (χ1v) is 17.3. The first-order valence-electron chi connectivity index (χ1n) is 17.3. The number of likely N-dealkylation sites (tertiary alicyclic amines) is 2. The molecule has 10 nitrogen and oxygen atoms in total. The van der Waals surface area contributed by atoms with Gasteiger partial charge in [0.05, 0.1) is 18.8 Å². The Morgan fingerprint density at radius 1 is 0.957 bits per heavy atom. The van der Waals surface area contributed by atoms with Crippen LogP contribution in [0.1, 0.15) is 86.7 Å². The lowest BCUT2D eigenvalue weighted by atomic mass is 9.92. The third kappa shape index (κ3) is 6.40. The highest BCUT2D eigenvalue weighted by Crippen LogP contribution is 2.43. The van der Waals surface area contributed by atoms with Crippen LogP contribution in [0.2, 0.25) is 0 Å². The molecule has 2 aromatic heterocycles. The van der Waals surface area contributed by atoms with Crippen molar-refractivity contribution in [2.24, 2.45) is 7.05 Å². The average Bonchev–Trinajstić information content (AvgIpc) is 3.70. The van der Waals surface area contributed by atoms with Crippen molar-refractivity contribution in [2.75, 3.05) is 50.7 Å². The molecule has 1 aromatic carbocycles. The Morgan fingerprint density at radius 3 is 2.45 bits per heavy atom. The molecule has 6 heterocycles. The molecule has 7 rings (SSSR count). The largest absolute Gasteiger partial charge is 0.343 e. The van der Waals surface area contributed by atoms with Crippen LogP contribution < -0.4 is 4.90 Å². The van der Waals surface area contributed by atoms with Crippen molar-refractivity contribution in [2.45, 2.75) is 83.7 Å². The second-order valence-electron chi connectivity index (χ2n) is 13.7. The molecule has 12 heteroatoms. The molecule has 0 N–H and O–H groups in total. The highest BCUT2D eigenvalue weighted by molar-refractivity contribution is 5.78. The maximum absolute atomic E-state index is 14.6. The predicted octanol–water partition coefficient (Wildman–Crippen LogP) is 5.25. The minimum atomic E-state index is -2.65. The molecule has 2 saturated heterocycles. The Bertz CT molecular complexity index is 1620. The molecule has 2 amide bonds. The van der Waals surface area contributed by atoms with Gasteiger partial charge >= 0.3 is 0 Å². The van der Waals surface area contributed by atoms with Crippen LogP contribution in [0.5, 0.6) is 0 Å². The number of halogens is 2. The van der Waals surface area contributed by atoms with Gasteiger partial charge in [-0.05, 0) is 74.9 Å². The van der Waals surface area contributed by atoms with E-state index in [1.54, 1.807) is 37.1 Å². The van der Waals surface area contributed by atoms with E-state index in [9.17, 15) is 18.4 Å². The number of rotatable bonds is 7. The van der Waals surface area contributed by atoms with Crippen LogP contribution in [-0.4, -0.2) is 91.9 Å². The normalized spacial score (nSPS) is 19.3. The summed E-state index contributed by atoms with van der Waals surface area (Å²) in [6.45, 7) is 7.78. The van der Waals surface area contributed by atoms with Crippen LogP contribution in [0.25, 0.3) is 11.1 Å². The van der Waals surface area contributed by atoms with E-state index in [-0.39, 0.29) is 23.4 Å². The van der Waals surface area contributed by atoms with E-state index in [2.05, 4.69) is 19.6 Å². The van der Waals surface area contributed by atoms with Crippen molar-refractivity contribution in [1.82, 2.24) is 34.3 Å². The van der Waals surface area contributed by atoms with Crippen LogP contribution in [0.4, 0.5) is 20.3 Å². The molecule has 47 heavy (non-hydrogen) atoms. The zero-order chi connectivity index (χ0) is 32.7. The molecule has 0 aliphatic carbocycles. The molecule has 0 spiro atoms. The van der Waals surface area contributed by atoms with Gasteiger partial charge in [0, 0.05) is 93.8 Å². The Labute approximate surface area is 275 Å². The number of carbonyl (C=O) groups excluding carboxylic acids is 2. The minimum Gasteiger partial charge on any atom is -0.343 e. The third-order valence-corrected chi connectivity index (χ3v) is 10.6. The zero-order valence-corrected chi connectivity index (χ0v) is 27.6. The van der Waals surface area contributed by atoms with Crippen molar-refractivity contribution in [3.63, 3.8) is 0 Å². The highest BCUT2D eigenvalue weighted by Gasteiger charge is 2.35. The van der Waals surface area contributed by atoms with E-state index < -0.39 is 6.43 Å². The van der Waals surface area contributed by atoms with E-state index >= 15 is 0 Å². The number of carbonyl (C=O) groups is 2. The fraction of sp³-hybridized carbons (Fsp3) is 0.600. The lowest BCUT2D eigenvalue weighted by Crippen LogP contribution is -2.41. The number of anilines is 2. The van der Waals surface area contributed by atoms with Crippen molar-refractivity contribution >= 4 is 23.3 Å². The van der Waals surface area contributed by atoms with Crippen LogP contribution in [0.3, 0.4) is 0 Å². The van der Waals surface area contributed by atoms with Gasteiger partial charge in [-0.3, -0.25) is 19.0 Å². The van der Waals surface area contributed by atoms with Crippen molar-refractivity contribution < 1.29 is 18.4 Å². The van der Waals surface area contributed by atoms with Gasteiger partial charge in [-0.1, -0.05) is 6.42 Å². The molecule has 0 bridgehead atoms. The van der Waals surface area contributed by atoms with E-state index in [1.165, 1.54) is 19.3 Å². The van der Waals surface area contributed by atoms with Gasteiger partial charge in [0.15, 0.2) is 5.82 Å². The van der Waals surface area contributed by atoms with Crippen molar-refractivity contribution in [3.05, 3.63) is 46.9 Å². The number of alkyl halides is 2. The highest BCUT2D eigenvalue weighted by atomic mass is 19.3. The second kappa shape index (κ2) is 13.4. The number of piperidine rings is 2. The monoisotopic (exact) mass is 648 g/mol. The van der Waals surface area contributed by atoms with Crippen LogP contribution in [0, 0.1) is 0 Å². The van der Waals surface area contributed by atoms with Gasteiger partial charge in [0.25, 0.3) is 6.43 Å². The quantitative estimate of drug-likeness (QED) is 0.348. The van der Waals surface area contributed by atoms with Crippen molar-refractivity contribution in [1.29, 1.82) is 0 Å². The number of nitrogens with zero attached hydrogens (tertiary/aromatic N) is 8. The molecule has 0 saturated carbocycles.